The van der Waals surface area contributed by atoms with Crippen molar-refractivity contribution in [3.8, 4) is 17.2 Å². The monoisotopic (exact) mass is 337 g/mol. The second-order valence-electron chi connectivity index (χ2n) is 5.66. The number of aromatic amines is 1. The Labute approximate surface area is 145 Å². The molecule has 0 amide bonds. The van der Waals surface area contributed by atoms with Crippen LogP contribution in [0.5, 0.6) is 17.2 Å². The summed E-state index contributed by atoms with van der Waals surface area (Å²) in [6.07, 6.45) is 0. The molecule has 0 aliphatic rings. The third-order valence-electron chi connectivity index (χ3n) is 3.76. The lowest BCUT2D eigenvalue weighted by Gasteiger charge is -2.15. The Morgan fingerprint density at radius 3 is 2.24 bits per heavy atom. The van der Waals surface area contributed by atoms with Crippen molar-refractivity contribution in [2.75, 3.05) is 5.73 Å². The van der Waals surface area contributed by atoms with Crippen LogP contribution in [-0.2, 0) is 6.61 Å². The number of para-hydroxylation sites is 2. The number of hydrogen-bond acceptors (Lipinski definition) is 5. The van der Waals surface area contributed by atoms with Crippen LogP contribution in [0.3, 0.4) is 0 Å². The highest BCUT2D eigenvalue weighted by atomic mass is 16.5. The molecule has 0 radical (unpaired) electrons. The zero-order valence-electron chi connectivity index (χ0n) is 14.1. The molecule has 0 saturated carbocycles. The van der Waals surface area contributed by atoms with E-state index in [4.69, 9.17) is 15.2 Å². The first-order valence-electron chi connectivity index (χ1n) is 7.85. The van der Waals surface area contributed by atoms with Gasteiger partial charge >= 0.3 is 5.69 Å². The Bertz CT molecular complexity index is 951. The van der Waals surface area contributed by atoms with Gasteiger partial charge in [0.05, 0.1) is 0 Å². The van der Waals surface area contributed by atoms with Crippen LogP contribution in [0.25, 0.3) is 0 Å². The Kier molecular flexibility index (Phi) is 4.70. The van der Waals surface area contributed by atoms with Crippen LogP contribution in [0.4, 0.5) is 5.82 Å². The maximum atomic E-state index is 11.7. The summed E-state index contributed by atoms with van der Waals surface area (Å²) >= 11 is 0. The SMILES string of the molecule is Cc1ccccc1OCc1[nH]c(=O)nc(N)c1Oc1ccccc1C. The molecule has 3 rings (SSSR count). The van der Waals surface area contributed by atoms with E-state index in [1.807, 2.05) is 62.4 Å². The molecule has 1 aromatic heterocycles. The van der Waals surface area contributed by atoms with Crippen molar-refractivity contribution in [3.05, 3.63) is 75.8 Å². The Balaban J connectivity index is 1.92. The summed E-state index contributed by atoms with van der Waals surface area (Å²) in [6.45, 7) is 3.98. The van der Waals surface area contributed by atoms with E-state index in [-0.39, 0.29) is 12.4 Å². The van der Waals surface area contributed by atoms with Crippen LogP contribution in [0.15, 0.2) is 53.3 Å². The number of aryl methyl sites for hydroxylation is 2. The number of rotatable bonds is 5. The van der Waals surface area contributed by atoms with Crippen LogP contribution in [0.1, 0.15) is 16.8 Å². The van der Waals surface area contributed by atoms with E-state index in [9.17, 15) is 4.79 Å². The molecule has 3 aromatic rings. The Morgan fingerprint density at radius 2 is 1.60 bits per heavy atom. The van der Waals surface area contributed by atoms with Gasteiger partial charge in [0, 0.05) is 0 Å². The number of nitrogen functional groups attached to an aromatic ring is 1. The first kappa shape index (κ1) is 16.6. The van der Waals surface area contributed by atoms with Gasteiger partial charge in [0.2, 0.25) is 0 Å². The number of benzene rings is 2. The first-order valence-corrected chi connectivity index (χ1v) is 7.85. The predicted octanol–water partition coefficient (Wildman–Crippen LogP) is 3.34. The fourth-order valence-corrected chi connectivity index (χ4v) is 2.39. The first-order chi connectivity index (χ1) is 12.0. The third kappa shape index (κ3) is 3.80. The average molecular weight is 337 g/mol. The van der Waals surface area contributed by atoms with E-state index in [2.05, 4.69) is 9.97 Å². The van der Waals surface area contributed by atoms with Crippen molar-refractivity contribution in [1.82, 2.24) is 9.97 Å². The molecule has 0 aliphatic carbocycles. The maximum absolute atomic E-state index is 11.7. The molecule has 3 N–H and O–H groups in total. The van der Waals surface area contributed by atoms with Gasteiger partial charge in [-0.3, -0.25) is 0 Å². The van der Waals surface area contributed by atoms with Gasteiger partial charge < -0.3 is 20.2 Å². The minimum atomic E-state index is -0.544. The fraction of sp³-hybridized carbons (Fsp3) is 0.158. The zero-order valence-corrected chi connectivity index (χ0v) is 14.1. The topological polar surface area (TPSA) is 90.2 Å². The summed E-state index contributed by atoms with van der Waals surface area (Å²) in [7, 11) is 0. The van der Waals surface area contributed by atoms with Gasteiger partial charge in [0.1, 0.15) is 23.8 Å². The van der Waals surface area contributed by atoms with Crippen LogP contribution < -0.4 is 20.9 Å². The van der Waals surface area contributed by atoms with Gasteiger partial charge in [-0.25, -0.2) is 4.79 Å². The number of hydrogen-bond donors (Lipinski definition) is 2. The normalized spacial score (nSPS) is 10.5. The molecular weight excluding hydrogens is 318 g/mol. The predicted molar refractivity (Wildman–Crippen MR) is 96.0 cm³/mol. The van der Waals surface area contributed by atoms with Gasteiger partial charge in [-0.2, -0.15) is 4.98 Å². The van der Waals surface area contributed by atoms with E-state index in [1.54, 1.807) is 0 Å². The van der Waals surface area contributed by atoms with Gasteiger partial charge in [0.15, 0.2) is 11.6 Å². The van der Waals surface area contributed by atoms with Crippen molar-refractivity contribution >= 4 is 5.82 Å². The fourth-order valence-electron chi connectivity index (χ4n) is 2.39. The summed E-state index contributed by atoms with van der Waals surface area (Å²) in [5.41, 5.74) is 7.74. The number of ether oxygens (including phenoxy) is 2. The molecule has 0 fully saturated rings. The summed E-state index contributed by atoms with van der Waals surface area (Å²) in [4.78, 5) is 18.1. The summed E-state index contributed by atoms with van der Waals surface area (Å²) in [5.74, 6) is 1.68. The molecule has 2 aromatic carbocycles. The van der Waals surface area contributed by atoms with Gasteiger partial charge in [-0.15, -0.1) is 0 Å². The van der Waals surface area contributed by atoms with Crippen molar-refractivity contribution in [2.45, 2.75) is 20.5 Å². The summed E-state index contributed by atoms with van der Waals surface area (Å²) in [5, 5.41) is 0. The Hall–Kier alpha value is -3.28. The number of aromatic nitrogens is 2. The van der Waals surface area contributed by atoms with E-state index in [1.165, 1.54) is 0 Å². The lowest BCUT2D eigenvalue weighted by Crippen LogP contribution is -2.18. The molecule has 25 heavy (non-hydrogen) atoms. The Morgan fingerprint density at radius 1 is 1.00 bits per heavy atom. The van der Waals surface area contributed by atoms with Gasteiger partial charge in [-0.1, -0.05) is 36.4 Å². The number of nitrogens with one attached hydrogen (secondary N) is 1. The molecule has 128 valence electrons. The highest BCUT2D eigenvalue weighted by Crippen LogP contribution is 2.30. The molecule has 0 bridgehead atoms. The number of nitrogens with two attached hydrogens (primary N) is 1. The molecule has 6 heteroatoms. The standard InChI is InChI=1S/C19H19N3O3/c1-12-7-3-5-9-15(12)24-11-14-17(18(20)22-19(23)21-14)25-16-10-6-4-8-13(16)2/h3-10H,11H2,1-2H3,(H3,20,21,22,23). The molecule has 1 heterocycles. The van der Waals surface area contributed by atoms with Crippen molar-refractivity contribution in [1.29, 1.82) is 0 Å². The molecule has 0 unspecified atom stereocenters. The van der Waals surface area contributed by atoms with Crippen LogP contribution in [-0.4, -0.2) is 9.97 Å². The van der Waals surface area contributed by atoms with Crippen LogP contribution in [0.2, 0.25) is 0 Å². The smallest absolute Gasteiger partial charge is 0.347 e. The van der Waals surface area contributed by atoms with Gasteiger partial charge in [-0.05, 0) is 37.1 Å². The lowest BCUT2D eigenvalue weighted by atomic mass is 10.2. The number of nitrogens with zero attached hydrogens (tertiary/aromatic N) is 1. The van der Waals surface area contributed by atoms with Crippen molar-refractivity contribution < 1.29 is 9.47 Å². The molecule has 0 aliphatic heterocycles. The zero-order chi connectivity index (χ0) is 17.8. The minimum absolute atomic E-state index is 0.0235. The minimum Gasteiger partial charge on any atom is -0.487 e. The highest BCUT2D eigenvalue weighted by molar-refractivity contribution is 5.51. The quantitative estimate of drug-likeness (QED) is 0.745. The van der Waals surface area contributed by atoms with E-state index in [0.29, 0.717) is 17.2 Å². The molecule has 6 nitrogen and oxygen atoms in total. The lowest BCUT2D eigenvalue weighted by molar-refractivity contribution is 0.292. The third-order valence-corrected chi connectivity index (χ3v) is 3.76. The largest absolute Gasteiger partial charge is 0.487 e. The molecule has 0 spiro atoms. The van der Waals surface area contributed by atoms with E-state index in [0.717, 1.165) is 16.9 Å². The summed E-state index contributed by atoms with van der Waals surface area (Å²) in [6, 6.07) is 15.2. The van der Waals surface area contributed by atoms with Crippen LogP contribution in [0, 0.1) is 13.8 Å². The molecular formula is C19H19N3O3. The van der Waals surface area contributed by atoms with E-state index >= 15 is 0 Å². The number of H-pyrrole nitrogens is 1. The van der Waals surface area contributed by atoms with Crippen LogP contribution >= 0.6 is 0 Å². The second kappa shape index (κ2) is 7.09. The molecule has 0 atom stereocenters. The number of anilines is 1. The summed E-state index contributed by atoms with van der Waals surface area (Å²) < 4.78 is 11.7. The second-order valence-corrected chi connectivity index (χ2v) is 5.66. The molecule has 0 saturated heterocycles. The van der Waals surface area contributed by atoms with Crippen molar-refractivity contribution in [3.63, 3.8) is 0 Å². The van der Waals surface area contributed by atoms with Gasteiger partial charge in [0.25, 0.3) is 0 Å². The van der Waals surface area contributed by atoms with Crippen molar-refractivity contribution in [2.24, 2.45) is 0 Å². The maximum Gasteiger partial charge on any atom is 0.347 e. The highest BCUT2D eigenvalue weighted by Gasteiger charge is 2.15. The average Bonchev–Trinajstić information content (AvgIpc) is 2.58. The van der Waals surface area contributed by atoms with E-state index < -0.39 is 5.69 Å².